The van der Waals surface area contributed by atoms with Gasteiger partial charge in [-0.15, -0.1) is 0 Å². The monoisotopic (exact) mass is 346 g/mol. The lowest BCUT2D eigenvalue weighted by Gasteiger charge is -2.37. The highest BCUT2D eigenvalue weighted by Crippen LogP contribution is 2.38. The maximum absolute atomic E-state index is 12.8. The Kier molecular flexibility index (Phi) is 5.27. The smallest absolute Gasteiger partial charge is 0.253 e. The molecule has 4 atom stereocenters. The van der Waals surface area contributed by atoms with E-state index in [4.69, 9.17) is 9.47 Å². The zero-order chi connectivity index (χ0) is 18.0. The largest absolute Gasteiger partial charge is 0.497 e. The van der Waals surface area contributed by atoms with Crippen molar-refractivity contribution in [1.29, 1.82) is 0 Å². The standard InChI is InChI=1S/C19H26N2O4/c1-12(22)20-17-8-14-10-21(11-15(14)9-18(17)25-3)19(23)13-4-6-16(24-2)7-5-13/h4-7,14-15,17-18H,8-11H2,1-3H3,(H,20,22)/t14-,15+,17-,18-/m1/s1. The molecule has 1 heterocycles. The molecule has 1 aromatic carbocycles. The first kappa shape index (κ1) is 17.7. The number of hydrogen-bond acceptors (Lipinski definition) is 4. The Labute approximate surface area is 148 Å². The second-order valence-electron chi connectivity index (χ2n) is 7.01. The number of benzene rings is 1. The highest BCUT2D eigenvalue weighted by Gasteiger charge is 2.43. The van der Waals surface area contributed by atoms with Gasteiger partial charge in [0, 0.05) is 32.7 Å². The average Bonchev–Trinajstić information content (AvgIpc) is 3.02. The van der Waals surface area contributed by atoms with Crippen LogP contribution >= 0.6 is 0 Å². The van der Waals surface area contributed by atoms with E-state index in [1.165, 1.54) is 6.92 Å². The summed E-state index contributed by atoms with van der Waals surface area (Å²) in [7, 11) is 3.30. The molecule has 1 saturated carbocycles. The van der Waals surface area contributed by atoms with Gasteiger partial charge < -0.3 is 19.7 Å². The second kappa shape index (κ2) is 7.44. The van der Waals surface area contributed by atoms with Crippen LogP contribution in [0.1, 0.15) is 30.1 Å². The van der Waals surface area contributed by atoms with Gasteiger partial charge in [-0.1, -0.05) is 0 Å². The van der Waals surface area contributed by atoms with Crippen molar-refractivity contribution in [2.75, 3.05) is 27.3 Å². The number of methoxy groups -OCH3 is 2. The van der Waals surface area contributed by atoms with E-state index in [9.17, 15) is 9.59 Å². The molecule has 1 aliphatic heterocycles. The summed E-state index contributed by atoms with van der Waals surface area (Å²) in [6.07, 6.45) is 1.74. The minimum Gasteiger partial charge on any atom is -0.497 e. The predicted octanol–water partition coefficient (Wildman–Crippen LogP) is 1.70. The van der Waals surface area contributed by atoms with Crippen LogP contribution < -0.4 is 10.1 Å². The molecule has 25 heavy (non-hydrogen) atoms. The molecule has 0 bridgehead atoms. The highest BCUT2D eigenvalue weighted by molar-refractivity contribution is 5.94. The number of hydrogen-bond donors (Lipinski definition) is 1. The molecule has 0 aromatic heterocycles. The zero-order valence-corrected chi connectivity index (χ0v) is 15.0. The summed E-state index contributed by atoms with van der Waals surface area (Å²) in [5, 5.41) is 3.00. The van der Waals surface area contributed by atoms with Crippen LogP contribution in [0.2, 0.25) is 0 Å². The van der Waals surface area contributed by atoms with E-state index in [2.05, 4.69) is 5.32 Å². The predicted molar refractivity (Wildman–Crippen MR) is 93.5 cm³/mol. The summed E-state index contributed by atoms with van der Waals surface area (Å²) in [6, 6.07) is 7.26. The fourth-order valence-corrected chi connectivity index (χ4v) is 4.17. The number of nitrogens with zero attached hydrogens (tertiary/aromatic N) is 1. The van der Waals surface area contributed by atoms with Gasteiger partial charge in [-0.25, -0.2) is 0 Å². The molecule has 0 unspecified atom stereocenters. The van der Waals surface area contributed by atoms with Crippen LogP contribution in [0.25, 0.3) is 0 Å². The van der Waals surface area contributed by atoms with E-state index >= 15 is 0 Å². The highest BCUT2D eigenvalue weighted by atomic mass is 16.5. The molecule has 6 nitrogen and oxygen atoms in total. The lowest BCUT2D eigenvalue weighted by atomic mass is 9.77. The molecule has 6 heteroatoms. The molecule has 136 valence electrons. The van der Waals surface area contributed by atoms with Crippen molar-refractivity contribution in [3.8, 4) is 5.75 Å². The van der Waals surface area contributed by atoms with Gasteiger partial charge in [-0.05, 0) is 48.9 Å². The summed E-state index contributed by atoms with van der Waals surface area (Å²) in [5.41, 5.74) is 0.682. The second-order valence-corrected chi connectivity index (χ2v) is 7.01. The van der Waals surface area contributed by atoms with Crippen LogP contribution in [0, 0.1) is 11.8 Å². The molecule has 2 fully saturated rings. The van der Waals surface area contributed by atoms with Gasteiger partial charge in [0.2, 0.25) is 5.91 Å². The van der Waals surface area contributed by atoms with Crippen LogP contribution in [0.5, 0.6) is 5.75 Å². The fraction of sp³-hybridized carbons (Fsp3) is 0.579. The number of amides is 2. The van der Waals surface area contributed by atoms with Crippen LogP contribution in [-0.2, 0) is 9.53 Å². The molecular weight excluding hydrogens is 320 g/mol. The number of rotatable bonds is 4. The Hall–Kier alpha value is -2.08. The summed E-state index contributed by atoms with van der Waals surface area (Å²) in [6.45, 7) is 3.02. The molecular formula is C19H26N2O4. The summed E-state index contributed by atoms with van der Waals surface area (Å²) < 4.78 is 10.7. The molecule has 1 aromatic rings. The summed E-state index contributed by atoms with van der Waals surface area (Å²) in [4.78, 5) is 26.1. The Morgan fingerprint density at radius 3 is 2.28 bits per heavy atom. The van der Waals surface area contributed by atoms with Crippen molar-refractivity contribution in [2.45, 2.75) is 31.9 Å². The Balaban J connectivity index is 1.67. The topological polar surface area (TPSA) is 67.9 Å². The normalized spacial score (nSPS) is 28.4. The van der Waals surface area contributed by atoms with Gasteiger partial charge in [0.05, 0.1) is 19.3 Å². The van der Waals surface area contributed by atoms with Crippen LogP contribution in [0.4, 0.5) is 0 Å². The van der Waals surface area contributed by atoms with E-state index in [0.29, 0.717) is 17.4 Å². The van der Waals surface area contributed by atoms with Gasteiger partial charge in [0.15, 0.2) is 0 Å². The first-order chi connectivity index (χ1) is 12.0. The third-order valence-electron chi connectivity index (χ3n) is 5.43. The number of nitrogens with one attached hydrogen (secondary N) is 1. The molecule has 3 rings (SSSR count). The van der Waals surface area contributed by atoms with Crippen molar-refractivity contribution < 1.29 is 19.1 Å². The number of carbonyl (C=O) groups excluding carboxylic acids is 2. The maximum Gasteiger partial charge on any atom is 0.253 e. The van der Waals surface area contributed by atoms with E-state index in [1.54, 1.807) is 26.4 Å². The van der Waals surface area contributed by atoms with Crippen LogP contribution in [0.15, 0.2) is 24.3 Å². The van der Waals surface area contributed by atoms with Gasteiger partial charge in [-0.2, -0.15) is 0 Å². The van der Waals surface area contributed by atoms with E-state index in [1.807, 2.05) is 17.0 Å². The van der Waals surface area contributed by atoms with Crippen LogP contribution in [0.3, 0.4) is 0 Å². The van der Waals surface area contributed by atoms with E-state index in [-0.39, 0.29) is 24.0 Å². The third-order valence-corrected chi connectivity index (χ3v) is 5.43. The number of likely N-dealkylation sites (tertiary alicyclic amines) is 1. The van der Waals surface area contributed by atoms with Crippen LogP contribution in [-0.4, -0.2) is 56.2 Å². The number of fused-ring (bicyclic) bond motifs is 1. The van der Waals surface area contributed by atoms with Crippen molar-refractivity contribution >= 4 is 11.8 Å². The Bertz CT molecular complexity index is 631. The number of ether oxygens (including phenoxy) is 2. The average molecular weight is 346 g/mol. The molecule has 1 aliphatic carbocycles. The van der Waals surface area contributed by atoms with Crippen molar-refractivity contribution in [3.63, 3.8) is 0 Å². The summed E-state index contributed by atoms with van der Waals surface area (Å²) in [5.74, 6) is 1.60. The van der Waals surface area contributed by atoms with Crippen molar-refractivity contribution in [1.82, 2.24) is 10.2 Å². The van der Waals surface area contributed by atoms with E-state index in [0.717, 1.165) is 31.7 Å². The molecule has 1 saturated heterocycles. The van der Waals surface area contributed by atoms with Crippen molar-refractivity contribution in [2.24, 2.45) is 11.8 Å². The van der Waals surface area contributed by atoms with Gasteiger partial charge >= 0.3 is 0 Å². The maximum atomic E-state index is 12.8. The molecule has 0 spiro atoms. The number of carbonyl (C=O) groups is 2. The van der Waals surface area contributed by atoms with E-state index < -0.39 is 0 Å². The molecule has 2 amide bonds. The first-order valence-corrected chi connectivity index (χ1v) is 8.75. The lowest BCUT2D eigenvalue weighted by molar-refractivity contribution is -0.121. The van der Waals surface area contributed by atoms with Gasteiger partial charge in [0.25, 0.3) is 5.91 Å². The zero-order valence-electron chi connectivity index (χ0n) is 15.0. The Morgan fingerprint density at radius 1 is 1.08 bits per heavy atom. The quantitative estimate of drug-likeness (QED) is 0.901. The third kappa shape index (κ3) is 3.79. The lowest BCUT2D eigenvalue weighted by Crippen LogP contribution is -2.49. The Morgan fingerprint density at radius 2 is 1.72 bits per heavy atom. The summed E-state index contributed by atoms with van der Waals surface area (Å²) >= 11 is 0. The van der Waals surface area contributed by atoms with Crippen molar-refractivity contribution in [3.05, 3.63) is 29.8 Å². The minimum absolute atomic E-state index is 0.0150. The molecule has 0 radical (unpaired) electrons. The van der Waals surface area contributed by atoms with Gasteiger partial charge in [-0.3, -0.25) is 9.59 Å². The minimum atomic E-state index is -0.0327. The molecule has 1 N–H and O–H groups in total. The SMILES string of the molecule is COc1ccc(C(=O)N2C[C@H]3C[C@@H](NC(C)=O)[C@H](OC)C[C@H]3C2)cc1. The van der Waals surface area contributed by atoms with Gasteiger partial charge in [0.1, 0.15) is 5.75 Å². The molecule has 2 aliphatic rings. The fourth-order valence-electron chi connectivity index (χ4n) is 4.17. The first-order valence-electron chi connectivity index (χ1n) is 8.75.